The lowest BCUT2D eigenvalue weighted by atomic mass is 9.99. The zero-order valence-corrected chi connectivity index (χ0v) is 11.3. The molecule has 3 nitrogen and oxygen atoms in total. The van der Waals surface area contributed by atoms with Crippen LogP contribution in [-0.4, -0.2) is 40.9 Å². The van der Waals surface area contributed by atoms with Gasteiger partial charge in [-0.25, -0.2) is 0 Å². The molecule has 1 heterocycles. The summed E-state index contributed by atoms with van der Waals surface area (Å²) in [6.45, 7) is 6.51. The smallest absolute Gasteiger partial charge is 0.0919 e. The van der Waals surface area contributed by atoms with Crippen molar-refractivity contribution in [1.82, 2.24) is 4.90 Å². The van der Waals surface area contributed by atoms with Gasteiger partial charge in [-0.15, -0.1) is 0 Å². The average Bonchev–Trinajstić information content (AvgIpc) is 2.35. The molecule has 0 bridgehead atoms. The van der Waals surface area contributed by atoms with E-state index in [-0.39, 0.29) is 6.10 Å². The predicted molar refractivity (Wildman–Crippen MR) is 72.6 cm³/mol. The van der Waals surface area contributed by atoms with Crippen LogP contribution in [0.1, 0.15) is 35.6 Å². The molecule has 1 fully saturated rings. The van der Waals surface area contributed by atoms with Gasteiger partial charge in [0, 0.05) is 19.6 Å². The number of nitrogens with zero attached hydrogens (tertiary/aromatic N) is 1. The van der Waals surface area contributed by atoms with Crippen LogP contribution in [0, 0.1) is 13.8 Å². The Morgan fingerprint density at radius 3 is 2.61 bits per heavy atom. The maximum Gasteiger partial charge on any atom is 0.0919 e. The summed E-state index contributed by atoms with van der Waals surface area (Å²) in [5.41, 5.74) is 3.36. The summed E-state index contributed by atoms with van der Waals surface area (Å²) >= 11 is 0. The van der Waals surface area contributed by atoms with Crippen LogP contribution < -0.4 is 0 Å². The molecule has 1 aliphatic rings. The van der Waals surface area contributed by atoms with Crippen molar-refractivity contribution in [2.75, 3.05) is 19.6 Å². The van der Waals surface area contributed by atoms with E-state index >= 15 is 0 Å². The molecule has 1 atom stereocenters. The molecule has 0 radical (unpaired) electrons. The highest BCUT2D eigenvalue weighted by molar-refractivity contribution is 5.32. The number of aryl methyl sites for hydroxylation is 2. The van der Waals surface area contributed by atoms with E-state index in [4.69, 9.17) is 0 Å². The summed E-state index contributed by atoms with van der Waals surface area (Å²) in [6.07, 6.45) is 1.05. The maximum atomic E-state index is 10.3. The highest BCUT2D eigenvalue weighted by atomic mass is 16.3. The lowest BCUT2D eigenvalue weighted by molar-refractivity contribution is 0.0506. The Labute approximate surface area is 109 Å². The van der Waals surface area contributed by atoms with Crippen molar-refractivity contribution < 1.29 is 10.2 Å². The fourth-order valence-electron chi connectivity index (χ4n) is 2.56. The second-order valence-corrected chi connectivity index (χ2v) is 5.41. The number of likely N-dealkylation sites (tertiary alicyclic amines) is 1. The van der Waals surface area contributed by atoms with E-state index in [1.54, 1.807) is 0 Å². The monoisotopic (exact) mass is 249 g/mol. The quantitative estimate of drug-likeness (QED) is 0.858. The van der Waals surface area contributed by atoms with Crippen LogP contribution in [0.25, 0.3) is 0 Å². The van der Waals surface area contributed by atoms with Crippen molar-refractivity contribution >= 4 is 0 Å². The van der Waals surface area contributed by atoms with E-state index in [2.05, 4.69) is 23.1 Å². The minimum Gasteiger partial charge on any atom is -0.393 e. The number of piperidine rings is 1. The summed E-state index contributed by atoms with van der Waals surface area (Å²) in [4.78, 5) is 2.24. The van der Waals surface area contributed by atoms with Gasteiger partial charge in [-0.1, -0.05) is 23.8 Å². The van der Waals surface area contributed by atoms with Crippen molar-refractivity contribution in [2.24, 2.45) is 0 Å². The molecular formula is C15H23NO2. The SMILES string of the molecule is Cc1ccc(C)c(C(O)CN2CCC(O)CC2)c1. The van der Waals surface area contributed by atoms with Gasteiger partial charge in [0.25, 0.3) is 0 Å². The Morgan fingerprint density at radius 1 is 1.28 bits per heavy atom. The zero-order chi connectivity index (χ0) is 13.1. The van der Waals surface area contributed by atoms with Gasteiger partial charge < -0.3 is 15.1 Å². The van der Waals surface area contributed by atoms with Gasteiger partial charge in [-0.05, 0) is 37.8 Å². The first-order chi connectivity index (χ1) is 8.56. The number of β-amino-alcohol motifs (C(OH)–C–C–N with tert-alkyl or cyclic N) is 1. The Morgan fingerprint density at radius 2 is 1.94 bits per heavy atom. The molecule has 0 aromatic heterocycles. The molecule has 1 unspecified atom stereocenters. The Hall–Kier alpha value is -0.900. The van der Waals surface area contributed by atoms with Crippen LogP contribution in [-0.2, 0) is 0 Å². The lowest BCUT2D eigenvalue weighted by Crippen LogP contribution is -2.38. The molecule has 18 heavy (non-hydrogen) atoms. The molecule has 0 saturated carbocycles. The normalized spacial score (nSPS) is 20.0. The summed E-state index contributed by atoms with van der Waals surface area (Å²) in [7, 11) is 0. The van der Waals surface area contributed by atoms with E-state index in [1.165, 1.54) is 5.56 Å². The molecule has 0 amide bonds. The molecule has 0 aliphatic carbocycles. The summed E-state index contributed by atoms with van der Waals surface area (Å²) < 4.78 is 0. The number of rotatable bonds is 3. The molecule has 1 aromatic carbocycles. The molecule has 0 spiro atoms. The van der Waals surface area contributed by atoms with Gasteiger partial charge in [-0.2, -0.15) is 0 Å². The number of hydrogen-bond acceptors (Lipinski definition) is 3. The minimum atomic E-state index is -0.430. The van der Waals surface area contributed by atoms with Crippen molar-refractivity contribution in [1.29, 1.82) is 0 Å². The molecular weight excluding hydrogens is 226 g/mol. The van der Waals surface area contributed by atoms with Crippen LogP contribution in [0.3, 0.4) is 0 Å². The molecule has 3 heteroatoms. The first-order valence-electron chi connectivity index (χ1n) is 6.72. The van der Waals surface area contributed by atoms with E-state index in [0.29, 0.717) is 6.54 Å². The van der Waals surface area contributed by atoms with E-state index in [0.717, 1.165) is 37.1 Å². The first-order valence-corrected chi connectivity index (χ1v) is 6.72. The molecule has 1 aliphatic heterocycles. The first kappa shape index (κ1) is 13.5. The Kier molecular flexibility index (Phi) is 4.38. The third-order valence-electron chi connectivity index (χ3n) is 3.78. The molecule has 100 valence electrons. The van der Waals surface area contributed by atoms with Gasteiger partial charge in [0.05, 0.1) is 12.2 Å². The summed E-state index contributed by atoms with van der Waals surface area (Å²) in [5.74, 6) is 0. The average molecular weight is 249 g/mol. The number of aliphatic hydroxyl groups excluding tert-OH is 2. The maximum absolute atomic E-state index is 10.3. The second kappa shape index (κ2) is 5.83. The van der Waals surface area contributed by atoms with Gasteiger partial charge in [0.15, 0.2) is 0 Å². The molecule has 2 N–H and O–H groups in total. The minimum absolute atomic E-state index is 0.154. The largest absolute Gasteiger partial charge is 0.393 e. The van der Waals surface area contributed by atoms with Crippen molar-refractivity contribution in [2.45, 2.75) is 38.9 Å². The van der Waals surface area contributed by atoms with Crippen LogP contribution in [0.4, 0.5) is 0 Å². The van der Waals surface area contributed by atoms with E-state index in [1.807, 2.05) is 13.8 Å². The van der Waals surface area contributed by atoms with Gasteiger partial charge >= 0.3 is 0 Å². The van der Waals surface area contributed by atoms with Crippen molar-refractivity contribution in [3.05, 3.63) is 34.9 Å². The summed E-state index contributed by atoms with van der Waals surface area (Å²) in [6, 6.07) is 6.20. The van der Waals surface area contributed by atoms with Crippen molar-refractivity contribution in [3.63, 3.8) is 0 Å². The highest BCUT2D eigenvalue weighted by Crippen LogP contribution is 2.21. The topological polar surface area (TPSA) is 43.7 Å². The molecule has 1 saturated heterocycles. The third-order valence-corrected chi connectivity index (χ3v) is 3.78. The van der Waals surface area contributed by atoms with Gasteiger partial charge in [0.2, 0.25) is 0 Å². The van der Waals surface area contributed by atoms with Gasteiger partial charge in [-0.3, -0.25) is 0 Å². The summed E-state index contributed by atoms with van der Waals surface area (Å²) in [5, 5.41) is 19.8. The van der Waals surface area contributed by atoms with Crippen LogP contribution in [0.15, 0.2) is 18.2 Å². The fourth-order valence-corrected chi connectivity index (χ4v) is 2.56. The fraction of sp³-hybridized carbons (Fsp3) is 0.600. The zero-order valence-electron chi connectivity index (χ0n) is 11.3. The van der Waals surface area contributed by atoms with Crippen molar-refractivity contribution in [3.8, 4) is 0 Å². The van der Waals surface area contributed by atoms with Crippen LogP contribution in [0.2, 0.25) is 0 Å². The standard InChI is InChI=1S/C15H23NO2/c1-11-3-4-12(2)14(9-11)15(18)10-16-7-5-13(17)6-8-16/h3-4,9,13,15,17-18H,5-8,10H2,1-2H3. The molecule has 1 aromatic rings. The Bertz CT molecular complexity index is 397. The van der Waals surface area contributed by atoms with Gasteiger partial charge in [0.1, 0.15) is 0 Å². The second-order valence-electron chi connectivity index (χ2n) is 5.41. The van der Waals surface area contributed by atoms with E-state index in [9.17, 15) is 10.2 Å². The number of hydrogen-bond donors (Lipinski definition) is 2. The predicted octanol–water partition coefficient (Wildman–Crippen LogP) is 1.79. The van der Waals surface area contributed by atoms with Crippen LogP contribution in [0.5, 0.6) is 0 Å². The highest BCUT2D eigenvalue weighted by Gasteiger charge is 2.20. The third kappa shape index (κ3) is 3.31. The van der Waals surface area contributed by atoms with E-state index < -0.39 is 6.10 Å². The number of benzene rings is 1. The van der Waals surface area contributed by atoms with Crippen LogP contribution >= 0.6 is 0 Å². The molecule has 2 rings (SSSR count). The lowest BCUT2D eigenvalue weighted by Gasteiger charge is -2.31. The Balaban J connectivity index is 1.98. The number of aliphatic hydroxyl groups is 2.